The van der Waals surface area contributed by atoms with E-state index in [9.17, 15) is 13.2 Å². The minimum Gasteiger partial charge on any atom is -0.454 e. The molecule has 3 aromatic carbocycles. The maximum atomic E-state index is 12.5. The van der Waals surface area contributed by atoms with E-state index in [0.717, 1.165) is 5.69 Å². The zero-order chi connectivity index (χ0) is 21.7. The Hall–Kier alpha value is -4.05. The highest BCUT2D eigenvalue weighted by molar-refractivity contribution is 7.92. The van der Waals surface area contributed by atoms with Crippen LogP contribution in [0, 0.1) is 0 Å². The number of carbonyl (C=O) groups excluding carboxylic acids is 1. The van der Waals surface area contributed by atoms with Crippen molar-refractivity contribution in [2.24, 2.45) is 0 Å². The van der Waals surface area contributed by atoms with E-state index in [-0.39, 0.29) is 22.8 Å². The first-order valence-corrected chi connectivity index (χ1v) is 10.7. The zero-order valence-corrected chi connectivity index (χ0v) is 16.9. The van der Waals surface area contributed by atoms with Gasteiger partial charge >= 0.3 is 5.97 Å². The first-order valence-electron chi connectivity index (χ1n) is 9.21. The predicted molar refractivity (Wildman–Crippen MR) is 112 cm³/mol. The summed E-state index contributed by atoms with van der Waals surface area (Å²) in [5, 5.41) is 11.4. The molecule has 31 heavy (non-hydrogen) atoms. The molecule has 4 aromatic rings. The smallest absolute Gasteiger partial charge is 0.338 e. The molecule has 1 heterocycles. The fourth-order valence-corrected chi connectivity index (χ4v) is 3.87. The summed E-state index contributed by atoms with van der Waals surface area (Å²) in [7, 11) is -3.77. The van der Waals surface area contributed by atoms with Crippen molar-refractivity contribution in [3.05, 3.63) is 96.3 Å². The van der Waals surface area contributed by atoms with Gasteiger partial charge in [-0.25, -0.2) is 13.2 Å². The third-order valence-electron chi connectivity index (χ3n) is 4.27. The lowest BCUT2D eigenvalue weighted by molar-refractivity contribution is 0.0459. The number of rotatable bonds is 7. The SMILES string of the molecule is O=C(OCc1nnnn1-c1ccccc1)c1cccc(NS(=O)(=O)c2ccccc2)c1. The molecular weight excluding hydrogens is 418 g/mol. The van der Waals surface area contributed by atoms with Gasteiger partial charge in [0, 0.05) is 5.69 Å². The van der Waals surface area contributed by atoms with Crippen molar-refractivity contribution < 1.29 is 17.9 Å². The van der Waals surface area contributed by atoms with Crippen LogP contribution in [0.2, 0.25) is 0 Å². The van der Waals surface area contributed by atoms with Crippen LogP contribution in [0.25, 0.3) is 5.69 Å². The minimum atomic E-state index is -3.77. The van der Waals surface area contributed by atoms with E-state index < -0.39 is 16.0 Å². The van der Waals surface area contributed by atoms with Crippen molar-refractivity contribution >= 4 is 21.7 Å². The summed E-state index contributed by atoms with van der Waals surface area (Å²) in [6.07, 6.45) is 0. The fourth-order valence-electron chi connectivity index (χ4n) is 2.80. The van der Waals surface area contributed by atoms with E-state index in [1.54, 1.807) is 30.3 Å². The molecule has 0 amide bonds. The summed E-state index contributed by atoms with van der Waals surface area (Å²) in [6, 6.07) is 23.2. The molecule has 156 valence electrons. The highest BCUT2D eigenvalue weighted by atomic mass is 32.2. The van der Waals surface area contributed by atoms with Crippen LogP contribution in [0.15, 0.2) is 89.8 Å². The Morgan fingerprint density at radius 2 is 1.65 bits per heavy atom. The first kappa shape index (κ1) is 20.2. The van der Waals surface area contributed by atoms with Crippen molar-refractivity contribution in [2.45, 2.75) is 11.5 Å². The zero-order valence-electron chi connectivity index (χ0n) is 16.1. The Morgan fingerprint density at radius 1 is 0.935 bits per heavy atom. The number of sulfonamides is 1. The van der Waals surface area contributed by atoms with E-state index in [2.05, 4.69) is 20.2 Å². The van der Waals surface area contributed by atoms with Gasteiger partial charge in [0.25, 0.3) is 10.0 Å². The van der Waals surface area contributed by atoms with Crippen molar-refractivity contribution in [1.29, 1.82) is 0 Å². The van der Waals surface area contributed by atoms with E-state index in [4.69, 9.17) is 4.74 Å². The second-order valence-corrected chi connectivity index (χ2v) is 8.10. The summed E-state index contributed by atoms with van der Waals surface area (Å²) in [5.41, 5.74) is 1.16. The van der Waals surface area contributed by atoms with Crippen LogP contribution in [0.3, 0.4) is 0 Å². The van der Waals surface area contributed by atoms with Crippen LogP contribution in [-0.4, -0.2) is 34.6 Å². The molecule has 1 N–H and O–H groups in total. The summed E-state index contributed by atoms with van der Waals surface area (Å²) in [6.45, 7) is -0.152. The molecule has 9 nitrogen and oxygen atoms in total. The molecule has 0 aliphatic heterocycles. The van der Waals surface area contributed by atoms with Crippen molar-refractivity contribution in [2.75, 3.05) is 4.72 Å². The molecular formula is C21H17N5O4S. The highest BCUT2D eigenvalue weighted by Gasteiger charge is 2.16. The Balaban J connectivity index is 1.46. The summed E-state index contributed by atoms with van der Waals surface area (Å²) >= 11 is 0. The maximum absolute atomic E-state index is 12.5. The lowest BCUT2D eigenvalue weighted by atomic mass is 10.2. The van der Waals surface area contributed by atoms with Gasteiger partial charge in [0.2, 0.25) is 0 Å². The maximum Gasteiger partial charge on any atom is 0.338 e. The lowest BCUT2D eigenvalue weighted by Crippen LogP contribution is -2.14. The summed E-state index contributed by atoms with van der Waals surface area (Å²) < 4.78 is 34.2. The molecule has 0 spiro atoms. The second kappa shape index (κ2) is 8.76. The van der Waals surface area contributed by atoms with Crippen molar-refractivity contribution in [3.63, 3.8) is 0 Å². The molecule has 0 aliphatic rings. The standard InChI is InChI=1S/C21H17N5O4S/c27-21(30-15-20-22-24-25-26(20)18-10-3-1-4-11-18)16-8-7-9-17(14-16)23-31(28,29)19-12-5-2-6-13-19/h1-14,23H,15H2. The molecule has 0 fully saturated rings. The van der Waals surface area contributed by atoms with Gasteiger partial charge in [-0.1, -0.05) is 42.5 Å². The highest BCUT2D eigenvalue weighted by Crippen LogP contribution is 2.18. The van der Waals surface area contributed by atoms with E-state index in [0.29, 0.717) is 5.82 Å². The number of hydrogen-bond acceptors (Lipinski definition) is 7. The number of nitrogens with zero attached hydrogens (tertiary/aromatic N) is 4. The van der Waals surface area contributed by atoms with Crippen molar-refractivity contribution in [1.82, 2.24) is 20.2 Å². The monoisotopic (exact) mass is 435 g/mol. The number of hydrogen-bond donors (Lipinski definition) is 1. The van der Waals surface area contributed by atoms with Crippen LogP contribution in [-0.2, 0) is 21.4 Å². The fraction of sp³-hybridized carbons (Fsp3) is 0.0476. The van der Waals surface area contributed by atoms with Gasteiger partial charge in [0.05, 0.1) is 16.1 Å². The van der Waals surface area contributed by atoms with Gasteiger partial charge in [0.1, 0.15) is 0 Å². The number of anilines is 1. The molecule has 0 aliphatic carbocycles. The molecule has 10 heteroatoms. The largest absolute Gasteiger partial charge is 0.454 e. The Labute approximate surface area is 178 Å². The number of ether oxygens (including phenoxy) is 1. The Kier molecular flexibility index (Phi) is 5.72. The number of tetrazole rings is 1. The second-order valence-electron chi connectivity index (χ2n) is 6.42. The number of para-hydroxylation sites is 1. The summed E-state index contributed by atoms with van der Waals surface area (Å²) in [4.78, 5) is 12.6. The topological polar surface area (TPSA) is 116 Å². The average Bonchev–Trinajstić information content (AvgIpc) is 3.27. The van der Waals surface area contributed by atoms with Crippen LogP contribution >= 0.6 is 0 Å². The van der Waals surface area contributed by atoms with Gasteiger partial charge in [-0.2, -0.15) is 4.68 Å². The van der Waals surface area contributed by atoms with E-state index in [1.165, 1.54) is 28.9 Å². The number of esters is 1. The lowest BCUT2D eigenvalue weighted by Gasteiger charge is -2.10. The molecule has 0 saturated carbocycles. The van der Waals surface area contributed by atoms with E-state index >= 15 is 0 Å². The number of benzene rings is 3. The summed E-state index contributed by atoms with van der Waals surface area (Å²) in [5.74, 6) is -0.288. The van der Waals surface area contributed by atoms with Gasteiger partial charge in [0.15, 0.2) is 12.4 Å². The van der Waals surface area contributed by atoms with Crippen LogP contribution < -0.4 is 4.72 Å². The van der Waals surface area contributed by atoms with Gasteiger partial charge in [-0.05, 0) is 52.9 Å². The first-order chi connectivity index (χ1) is 15.0. The molecule has 0 bridgehead atoms. The molecule has 0 unspecified atom stereocenters. The van der Waals surface area contributed by atoms with Crippen LogP contribution in [0.1, 0.15) is 16.2 Å². The quantitative estimate of drug-likeness (QED) is 0.444. The predicted octanol–water partition coefficient (Wildman–Crippen LogP) is 2.82. The third kappa shape index (κ3) is 4.75. The van der Waals surface area contributed by atoms with Gasteiger partial charge in [-0.15, -0.1) is 5.10 Å². The normalized spacial score (nSPS) is 11.1. The van der Waals surface area contributed by atoms with Gasteiger partial charge in [-0.3, -0.25) is 4.72 Å². The number of aromatic nitrogens is 4. The average molecular weight is 435 g/mol. The van der Waals surface area contributed by atoms with E-state index in [1.807, 2.05) is 30.3 Å². The molecule has 0 atom stereocenters. The molecule has 0 radical (unpaired) electrons. The van der Waals surface area contributed by atoms with Crippen LogP contribution in [0.5, 0.6) is 0 Å². The molecule has 0 saturated heterocycles. The minimum absolute atomic E-state index is 0.121. The number of nitrogens with one attached hydrogen (secondary N) is 1. The Bertz CT molecular complexity index is 1290. The Morgan fingerprint density at radius 3 is 2.39 bits per heavy atom. The van der Waals surface area contributed by atoms with Crippen LogP contribution in [0.4, 0.5) is 5.69 Å². The van der Waals surface area contributed by atoms with Gasteiger partial charge < -0.3 is 4.74 Å². The molecule has 4 rings (SSSR count). The third-order valence-corrected chi connectivity index (χ3v) is 5.67. The van der Waals surface area contributed by atoms with Crippen molar-refractivity contribution in [3.8, 4) is 5.69 Å². The molecule has 1 aromatic heterocycles. The number of carbonyl (C=O) groups is 1.